The number of allylic oxidation sites excluding steroid dienone is 1. The fourth-order valence-corrected chi connectivity index (χ4v) is 2.37. The van der Waals surface area contributed by atoms with Gasteiger partial charge in [-0.1, -0.05) is 17.7 Å². The van der Waals surface area contributed by atoms with Crippen LogP contribution in [0.1, 0.15) is 21.5 Å². The zero-order chi connectivity index (χ0) is 20.0. The molecule has 9 heteroatoms. The van der Waals surface area contributed by atoms with Crippen LogP contribution in [0, 0.1) is 5.41 Å². The Hall–Kier alpha value is -3.00. The molecule has 5 nitrogen and oxygen atoms in total. The van der Waals surface area contributed by atoms with Crippen molar-refractivity contribution >= 4 is 29.4 Å². The Morgan fingerprint density at radius 1 is 1.22 bits per heavy atom. The number of hydrogen-bond acceptors (Lipinski definition) is 4. The standard InChI is InChI=1S/C18H16ClF3N4O/c19-16-5-4-14(7-12(16)10-25-15(8-23)9-24)26-17(27)11-2-1-3-13(6-11)18(20,21)22/h1-9,23,25H,10,24H2,(H,26,27). The van der Waals surface area contributed by atoms with Crippen LogP contribution in [0.2, 0.25) is 5.02 Å². The Kier molecular flexibility index (Phi) is 6.46. The molecule has 0 aromatic heterocycles. The van der Waals surface area contributed by atoms with Gasteiger partial charge in [-0.05, 0) is 42.0 Å². The van der Waals surface area contributed by atoms with Gasteiger partial charge in [0.2, 0.25) is 0 Å². The number of carbonyl (C=O) groups is 1. The minimum atomic E-state index is -4.53. The van der Waals surface area contributed by atoms with Crippen LogP contribution in [0.3, 0.4) is 0 Å². The summed E-state index contributed by atoms with van der Waals surface area (Å²) in [5.74, 6) is -0.677. The normalized spacial score (nSPS) is 11.8. The van der Waals surface area contributed by atoms with Gasteiger partial charge in [0.1, 0.15) is 0 Å². The molecule has 2 rings (SSSR count). The van der Waals surface area contributed by atoms with Gasteiger partial charge in [0.25, 0.3) is 5.91 Å². The molecule has 0 heterocycles. The number of nitrogens with one attached hydrogen (secondary N) is 3. The maximum atomic E-state index is 12.8. The Morgan fingerprint density at radius 3 is 2.59 bits per heavy atom. The summed E-state index contributed by atoms with van der Waals surface area (Å²) in [6.07, 6.45) is -2.27. The van der Waals surface area contributed by atoms with Crippen LogP contribution in [0.5, 0.6) is 0 Å². The Labute approximate surface area is 158 Å². The van der Waals surface area contributed by atoms with E-state index in [-0.39, 0.29) is 12.1 Å². The smallest absolute Gasteiger partial charge is 0.403 e. The SMILES string of the molecule is N=CC(=CN)NCc1cc(NC(=O)c2cccc(C(F)(F)F)c2)ccc1Cl. The second-order valence-electron chi connectivity index (χ2n) is 5.46. The van der Waals surface area contributed by atoms with E-state index in [1.54, 1.807) is 12.1 Å². The third-order valence-corrected chi connectivity index (χ3v) is 3.94. The number of halogens is 4. The molecule has 5 N–H and O–H groups in total. The molecule has 0 spiro atoms. The summed E-state index contributed by atoms with van der Waals surface area (Å²) >= 11 is 6.11. The molecule has 0 fully saturated rings. The number of benzene rings is 2. The number of carbonyl (C=O) groups excluding carboxylic acids is 1. The highest BCUT2D eigenvalue weighted by Gasteiger charge is 2.30. The molecular weight excluding hydrogens is 381 g/mol. The average Bonchev–Trinajstić information content (AvgIpc) is 2.64. The average molecular weight is 397 g/mol. The molecule has 0 radical (unpaired) electrons. The third kappa shape index (κ3) is 5.49. The van der Waals surface area contributed by atoms with Crippen LogP contribution in [0.25, 0.3) is 0 Å². The Bertz CT molecular complexity index is 881. The number of nitrogens with two attached hydrogens (primary N) is 1. The van der Waals surface area contributed by atoms with Gasteiger partial charge in [0, 0.05) is 35.2 Å². The summed E-state index contributed by atoms with van der Waals surface area (Å²) in [5, 5.41) is 13.0. The summed E-state index contributed by atoms with van der Waals surface area (Å²) in [5.41, 5.74) is 5.69. The lowest BCUT2D eigenvalue weighted by Crippen LogP contribution is -2.16. The van der Waals surface area contributed by atoms with E-state index >= 15 is 0 Å². The molecule has 1 amide bonds. The van der Waals surface area contributed by atoms with Gasteiger partial charge in [-0.2, -0.15) is 13.2 Å². The fraction of sp³-hybridized carbons (Fsp3) is 0.111. The zero-order valence-electron chi connectivity index (χ0n) is 13.9. The summed E-state index contributed by atoms with van der Waals surface area (Å²) in [7, 11) is 0. The van der Waals surface area contributed by atoms with Crippen LogP contribution in [-0.2, 0) is 12.7 Å². The van der Waals surface area contributed by atoms with Gasteiger partial charge in [0.15, 0.2) is 0 Å². The fourth-order valence-electron chi connectivity index (χ4n) is 2.18. The minimum Gasteiger partial charge on any atom is -0.403 e. The van der Waals surface area contributed by atoms with Crippen molar-refractivity contribution in [3.05, 3.63) is 76.1 Å². The highest BCUT2D eigenvalue weighted by molar-refractivity contribution is 6.31. The van der Waals surface area contributed by atoms with Crippen LogP contribution < -0.4 is 16.4 Å². The van der Waals surface area contributed by atoms with E-state index < -0.39 is 17.6 Å². The van der Waals surface area contributed by atoms with Crippen molar-refractivity contribution in [3.8, 4) is 0 Å². The second-order valence-corrected chi connectivity index (χ2v) is 5.87. The lowest BCUT2D eigenvalue weighted by atomic mass is 10.1. The van der Waals surface area contributed by atoms with Gasteiger partial charge in [-0.15, -0.1) is 0 Å². The maximum Gasteiger partial charge on any atom is 0.416 e. The molecule has 0 atom stereocenters. The van der Waals surface area contributed by atoms with E-state index in [9.17, 15) is 18.0 Å². The van der Waals surface area contributed by atoms with Crippen LogP contribution in [0.4, 0.5) is 18.9 Å². The number of anilines is 1. The molecule has 27 heavy (non-hydrogen) atoms. The topological polar surface area (TPSA) is 91.0 Å². The molecular formula is C18H16ClF3N4O. The predicted octanol–water partition coefficient (Wildman–Crippen LogP) is 4.15. The number of rotatable bonds is 6. The molecule has 0 aliphatic heterocycles. The van der Waals surface area contributed by atoms with Gasteiger partial charge in [0.05, 0.1) is 11.3 Å². The van der Waals surface area contributed by atoms with Crippen LogP contribution in [0.15, 0.2) is 54.4 Å². The highest BCUT2D eigenvalue weighted by atomic mass is 35.5. The van der Waals surface area contributed by atoms with Crippen molar-refractivity contribution in [2.24, 2.45) is 5.73 Å². The molecule has 0 saturated heterocycles. The summed E-state index contributed by atoms with van der Waals surface area (Å²) in [6, 6.07) is 8.83. The minimum absolute atomic E-state index is 0.114. The first-order valence-electron chi connectivity index (χ1n) is 7.68. The van der Waals surface area contributed by atoms with E-state index in [4.69, 9.17) is 22.7 Å². The van der Waals surface area contributed by atoms with E-state index in [0.717, 1.165) is 18.3 Å². The molecule has 2 aromatic rings. The van der Waals surface area contributed by atoms with Gasteiger partial charge >= 0.3 is 6.18 Å². The van der Waals surface area contributed by atoms with E-state index in [1.165, 1.54) is 24.4 Å². The van der Waals surface area contributed by atoms with Gasteiger partial charge in [-0.25, -0.2) is 0 Å². The summed E-state index contributed by atoms with van der Waals surface area (Å²) in [6.45, 7) is 0.241. The van der Waals surface area contributed by atoms with Crippen molar-refractivity contribution in [3.63, 3.8) is 0 Å². The maximum absolute atomic E-state index is 12.8. The molecule has 0 bridgehead atoms. The van der Waals surface area contributed by atoms with Crippen molar-refractivity contribution < 1.29 is 18.0 Å². The van der Waals surface area contributed by atoms with Crippen LogP contribution in [-0.4, -0.2) is 12.1 Å². The first kappa shape index (κ1) is 20.3. The number of hydrogen-bond donors (Lipinski definition) is 4. The number of alkyl halides is 3. The van der Waals surface area contributed by atoms with E-state index in [1.807, 2.05) is 0 Å². The third-order valence-electron chi connectivity index (χ3n) is 3.57. The molecule has 0 aliphatic carbocycles. The predicted molar refractivity (Wildman–Crippen MR) is 98.7 cm³/mol. The Balaban J connectivity index is 2.16. The summed E-state index contributed by atoms with van der Waals surface area (Å²) in [4.78, 5) is 12.3. The van der Waals surface area contributed by atoms with Crippen LogP contribution >= 0.6 is 11.6 Å². The first-order chi connectivity index (χ1) is 12.7. The zero-order valence-corrected chi connectivity index (χ0v) is 14.7. The molecule has 142 valence electrons. The van der Waals surface area contributed by atoms with Crippen molar-refractivity contribution in [1.82, 2.24) is 5.32 Å². The quantitative estimate of drug-likeness (QED) is 0.553. The largest absolute Gasteiger partial charge is 0.416 e. The lowest BCUT2D eigenvalue weighted by molar-refractivity contribution is -0.137. The van der Waals surface area contributed by atoms with Crippen molar-refractivity contribution in [1.29, 1.82) is 5.41 Å². The molecule has 0 aliphatic rings. The summed E-state index contributed by atoms with van der Waals surface area (Å²) < 4.78 is 38.3. The first-order valence-corrected chi connectivity index (χ1v) is 8.05. The lowest BCUT2D eigenvalue weighted by Gasteiger charge is -2.12. The Morgan fingerprint density at radius 2 is 1.96 bits per heavy atom. The molecule has 0 unspecified atom stereocenters. The molecule has 2 aromatic carbocycles. The highest BCUT2D eigenvalue weighted by Crippen LogP contribution is 2.29. The van der Waals surface area contributed by atoms with Gasteiger partial charge in [-0.3, -0.25) is 4.79 Å². The monoisotopic (exact) mass is 396 g/mol. The van der Waals surface area contributed by atoms with E-state index in [2.05, 4.69) is 10.6 Å². The van der Waals surface area contributed by atoms with E-state index in [0.29, 0.717) is 22.0 Å². The van der Waals surface area contributed by atoms with Gasteiger partial charge < -0.3 is 21.8 Å². The van der Waals surface area contributed by atoms with Crippen molar-refractivity contribution in [2.75, 3.05) is 5.32 Å². The molecule has 0 saturated carbocycles. The van der Waals surface area contributed by atoms with Crippen molar-refractivity contribution in [2.45, 2.75) is 12.7 Å². The second kappa shape index (κ2) is 8.59. The number of amides is 1.